The number of nitrogens with two attached hydrogens (primary N) is 2. The summed E-state index contributed by atoms with van der Waals surface area (Å²) in [5, 5.41) is 9.21. The number of nitrogens with zero attached hydrogens (tertiary/aromatic N) is 1. The van der Waals surface area contributed by atoms with E-state index in [0.717, 1.165) is 32.6 Å². The van der Waals surface area contributed by atoms with Crippen molar-refractivity contribution in [2.75, 3.05) is 13.1 Å². The molecule has 1 rings (SSSR count). The number of rotatable bonds is 3. The van der Waals surface area contributed by atoms with E-state index in [1.165, 1.54) is 0 Å². The van der Waals surface area contributed by atoms with Crippen LogP contribution in [0.1, 0.15) is 32.6 Å². The second kappa shape index (κ2) is 6.73. The van der Waals surface area contributed by atoms with Crippen molar-refractivity contribution in [1.82, 2.24) is 4.90 Å². The van der Waals surface area contributed by atoms with Crippen LogP contribution in [0.25, 0.3) is 0 Å². The van der Waals surface area contributed by atoms with E-state index < -0.39 is 29.0 Å². The summed E-state index contributed by atoms with van der Waals surface area (Å²) in [6.07, 6.45) is -1.16. The molecule has 1 saturated heterocycles. The minimum absolute atomic E-state index is 0.158. The fraction of sp³-hybridized carbons (Fsp3) is 0.615. The Morgan fingerprint density at radius 3 is 1.95 bits per heavy atom. The van der Waals surface area contributed by atoms with E-state index in [1.807, 2.05) is 0 Å². The van der Waals surface area contributed by atoms with Gasteiger partial charge in [-0.3, -0.25) is 0 Å². The van der Waals surface area contributed by atoms with Gasteiger partial charge in [0.15, 0.2) is 0 Å². The summed E-state index contributed by atoms with van der Waals surface area (Å²) in [5.74, 6) is -1.67. The molecule has 0 bridgehead atoms. The zero-order chi connectivity index (χ0) is 16.2. The van der Waals surface area contributed by atoms with Crippen LogP contribution in [0.2, 0.25) is 0 Å². The van der Waals surface area contributed by atoms with E-state index in [2.05, 4.69) is 0 Å². The lowest BCUT2D eigenvalue weighted by atomic mass is 10.0. The van der Waals surface area contributed by atoms with Gasteiger partial charge in [0.1, 0.15) is 17.1 Å². The predicted octanol–water partition coefficient (Wildman–Crippen LogP) is 1.91. The zero-order valence-corrected chi connectivity index (χ0v) is 11.8. The Kier molecular flexibility index (Phi) is 5.51. The lowest BCUT2D eigenvalue weighted by Crippen LogP contribution is -2.33. The van der Waals surface area contributed by atoms with Gasteiger partial charge in [-0.25, -0.2) is 4.79 Å². The van der Waals surface area contributed by atoms with Gasteiger partial charge in [0, 0.05) is 13.1 Å². The molecule has 1 heterocycles. The number of carboxylic acids is 1. The molecule has 0 amide bonds. The molecule has 1 aliphatic heterocycles. The normalized spacial score (nSPS) is 19.5. The van der Waals surface area contributed by atoms with E-state index in [-0.39, 0.29) is 5.82 Å². The lowest BCUT2D eigenvalue weighted by molar-refractivity contribution is -0.132. The van der Waals surface area contributed by atoms with Crippen LogP contribution in [0.4, 0.5) is 13.2 Å². The summed E-state index contributed by atoms with van der Waals surface area (Å²) in [5.41, 5.74) is 8.26. The Morgan fingerprint density at radius 2 is 1.57 bits per heavy atom. The molecule has 120 valence electrons. The summed E-state index contributed by atoms with van der Waals surface area (Å²) < 4.78 is 37.9. The van der Waals surface area contributed by atoms with Gasteiger partial charge < -0.3 is 21.5 Å². The molecule has 0 saturated carbocycles. The van der Waals surface area contributed by atoms with Crippen molar-refractivity contribution in [3.63, 3.8) is 0 Å². The van der Waals surface area contributed by atoms with Crippen molar-refractivity contribution in [2.24, 2.45) is 11.5 Å². The Balaban J connectivity index is 3.27. The molecule has 0 aromatic rings. The van der Waals surface area contributed by atoms with Gasteiger partial charge in [-0.2, -0.15) is 13.2 Å². The Hall–Kier alpha value is -1.86. The highest BCUT2D eigenvalue weighted by atomic mass is 19.4. The van der Waals surface area contributed by atoms with Gasteiger partial charge in [-0.05, 0) is 25.3 Å². The van der Waals surface area contributed by atoms with Crippen LogP contribution in [0.3, 0.4) is 0 Å². The summed E-state index contributed by atoms with van der Waals surface area (Å²) >= 11 is 0. The first kappa shape index (κ1) is 17.2. The summed E-state index contributed by atoms with van der Waals surface area (Å²) in [7, 11) is 0. The highest BCUT2D eigenvalue weighted by Gasteiger charge is 2.35. The van der Waals surface area contributed by atoms with Crippen molar-refractivity contribution >= 4 is 5.97 Å². The van der Waals surface area contributed by atoms with E-state index >= 15 is 0 Å². The average molecular weight is 307 g/mol. The quantitative estimate of drug-likeness (QED) is 0.547. The number of likely N-dealkylation sites (tertiary alicyclic amines) is 1. The molecule has 1 fully saturated rings. The monoisotopic (exact) mass is 307 g/mol. The zero-order valence-electron chi connectivity index (χ0n) is 11.8. The summed E-state index contributed by atoms with van der Waals surface area (Å²) in [6.45, 7) is 2.08. The van der Waals surface area contributed by atoms with Crippen LogP contribution in [-0.4, -0.2) is 35.2 Å². The number of halogens is 3. The van der Waals surface area contributed by atoms with Crippen molar-refractivity contribution in [1.29, 1.82) is 0 Å². The molecule has 0 aromatic heterocycles. The van der Waals surface area contributed by atoms with Gasteiger partial charge >= 0.3 is 12.1 Å². The average Bonchev–Trinajstić information content (AvgIpc) is 2.64. The third-order valence-electron chi connectivity index (χ3n) is 3.50. The number of carboxylic acid groups (broad SMARTS) is 1. The van der Waals surface area contributed by atoms with Crippen LogP contribution in [0, 0.1) is 0 Å². The molecule has 0 unspecified atom stereocenters. The van der Waals surface area contributed by atoms with Crippen LogP contribution in [-0.2, 0) is 4.79 Å². The molecule has 0 spiro atoms. The van der Waals surface area contributed by atoms with Crippen molar-refractivity contribution in [3.05, 3.63) is 22.7 Å². The molecule has 0 radical (unpaired) electrons. The van der Waals surface area contributed by atoms with Gasteiger partial charge in [0.2, 0.25) is 0 Å². The molecule has 21 heavy (non-hydrogen) atoms. The van der Waals surface area contributed by atoms with Crippen LogP contribution < -0.4 is 11.5 Å². The maximum atomic E-state index is 12.6. The van der Waals surface area contributed by atoms with Gasteiger partial charge in [-0.1, -0.05) is 12.8 Å². The van der Waals surface area contributed by atoms with Crippen LogP contribution in [0.15, 0.2) is 22.7 Å². The lowest BCUT2D eigenvalue weighted by Gasteiger charge is -2.25. The first-order valence-corrected chi connectivity index (χ1v) is 6.68. The van der Waals surface area contributed by atoms with E-state index in [9.17, 15) is 23.1 Å². The smallest absolute Gasteiger partial charge is 0.431 e. The molecule has 1 aliphatic rings. The van der Waals surface area contributed by atoms with Crippen LogP contribution in [0.5, 0.6) is 0 Å². The predicted molar refractivity (Wildman–Crippen MR) is 71.8 cm³/mol. The topological polar surface area (TPSA) is 92.6 Å². The van der Waals surface area contributed by atoms with Gasteiger partial charge in [-0.15, -0.1) is 0 Å². The number of aliphatic carboxylic acids is 1. The maximum Gasteiger partial charge on any atom is 0.431 e. The third-order valence-corrected chi connectivity index (χ3v) is 3.50. The Morgan fingerprint density at radius 1 is 1.10 bits per heavy atom. The van der Waals surface area contributed by atoms with E-state index in [1.54, 1.807) is 4.90 Å². The van der Waals surface area contributed by atoms with Gasteiger partial charge in [0.25, 0.3) is 0 Å². The number of hydrogen-bond acceptors (Lipinski definition) is 4. The van der Waals surface area contributed by atoms with Crippen molar-refractivity contribution in [2.45, 2.75) is 38.8 Å². The summed E-state index contributed by atoms with van der Waals surface area (Å²) in [4.78, 5) is 12.9. The highest BCUT2D eigenvalue weighted by molar-refractivity contribution is 5.92. The molecular formula is C13H20F3N3O2. The Labute approximate surface area is 121 Å². The van der Waals surface area contributed by atoms with Crippen molar-refractivity contribution in [3.8, 4) is 0 Å². The minimum atomic E-state index is -4.79. The Bertz CT molecular complexity index is 462. The minimum Gasteiger partial charge on any atom is -0.478 e. The molecule has 5 nitrogen and oxygen atoms in total. The second-order valence-electron chi connectivity index (χ2n) is 5.00. The van der Waals surface area contributed by atoms with E-state index in [4.69, 9.17) is 11.5 Å². The first-order valence-electron chi connectivity index (χ1n) is 6.68. The number of allylic oxidation sites excluding steroid dienone is 1. The SMILES string of the molecule is CC(/C(C(=O)O)=C(\N)N1CCCCCC1)=C(/N)C(F)(F)F. The first-order chi connectivity index (χ1) is 9.66. The second-order valence-corrected chi connectivity index (χ2v) is 5.00. The summed E-state index contributed by atoms with van der Waals surface area (Å²) in [6, 6.07) is 0. The third kappa shape index (κ3) is 4.30. The number of hydrogen-bond donors (Lipinski definition) is 3. The number of carbonyl (C=O) groups is 1. The molecule has 0 aromatic carbocycles. The largest absolute Gasteiger partial charge is 0.478 e. The molecule has 0 aliphatic carbocycles. The molecular weight excluding hydrogens is 287 g/mol. The van der Waals surface area contributed by atoms with E-state index in [0.29, 0.717) is 13.1 Å². The highest BCUT2D eigenvalue weighted by Crippen LogP contribution is 2.28. The molecule has 8 heteroatoms. The number of alkyl halides is 3. The standard InChI is InChI=1S/C13H20F3N3O2/c1-8(10(17)13(14,15)16)9(12(20)21)11(18)19-6-4-2-3-5-7-19/h2-7,17-18H2,1H3,(H,20,21)/b10-8-,11-9-. The molecule has 0 atom stereocenters. The van der Waals surface area contributed by atoms with Gasteiger partial charge in [0.05, 0.1) is 0 Å². The fourth-order valence-corrected chi connectivity index (χ4v) is 2.28. The van der Waals surface area contributed by atoms with Crippen molar-refractivity contribution < 1.29 is 23.1 Å². The maximum absolute atomic E-state index is 12.6. The van der Waals surface area contributed by atoms with Crippen LogP contribution >= 0.6 is 0 Å². The molecule has 5 N–H and O–H groups in total. The fourth-order valence-electron chi connectivity index (χ4n) is 2.28.